The molecule has 0 aliphatic rings. The van der Waals surface area contributed by atoms with Gasteiger partial charge >= 0.3 is 11.4 Å². The van der Waals surface area contributed by atoms with Crippen molar-refractivity contribution in [1.82, 2.24) is 24.0 Å². The van der Waals surface area contributed by atoms with Crippen LogP contribution in [0.5, 0.6) is 0 Å². The van der Waals surface area contributed by atoms with Crippen LogP contribution in [0.4, 0.5) is 20.4 Å². The van der Waals surface area contributed by atoms with Crippen LogP contribution in [0.1, 0.15) is 13.8 Å². The third kappa shape index (κ3) is 8.44. The first-order valence-corrected chi connectivity index (χ1v) is 13.6. The fourth-order valence-corrected chi connectivity index (χ4v) is 3.98. The predicted molar refractivity (Wildman–Crippen MR) is 168 cm³/mol. The van der Waals surface area contributed by atoms with Crippen LogP contribution in [0.25, 0.3) is 11.4 Å². The Labute approximate surface area is 253 Å². The molecule has 0 aliphatic heterocycles. The van der Waals surface area contributed by atoms with Crippen LogP contribution < -0.4 is 28.2 Å². The lowest BCUT2D eigenvalue weighted by Crippen LogP contribution is -2.30. The highest BCUT2D eigenvalue weighted by atomic mass is 127. The highest BCUT2D eigenvalue weighted by Gasteiger charge is 2.13. The number of rotatable bonds is 4. The van der Waals surface area contributed by atoms with Gasteiger partial charge in [0.25, 0.3) is 11.1 Å². The fraction of sp³-hybridized carbons (Fsp3) is 0.160. The highest BCUT2D eigenvalue weighted by Crippen LogP contribution is 2.19. The van der Waals surface area contributed by atoms with Crippen LogP contribution in [-0.4, -0.2) is 44.4 Å². The summed E-state index contributed by atoms with van der Waals surface area (Å²) in [4.78, 5) is 55.8. The molecule has 0 radical (unpaired) electrons. The number of aliphatic imine (C=N–C) groups is 1. The molecule has 0 fully saturated rings. The number of nitrogens with zero attached hydrogens (tertiary/aromatic N) is 4. The van der Waals surface area contributed by atoms with Crippen molar-refractivity contribution >= 4 is 63.2 Å². The van der Waals surface area contributed by atoms with Gasteiger partial charge < -0.3 is 10.6 Å². The Balaban J connectivity index is 0.000000269. The van der Waals surface area contributed by atoms with Gasteiger partial charge in [-0.05, 0) is 81.6 Å². The van der Waals surface area contributed by atoms with E-state index in [2.05, 4.69) is 9.98 Å². The molecule has 11 nitrogen and oxygen atoms in total. The molecule has 212 valence electrons. The van der Waals surface area contributed by atoms with Crippen LogP contribution in [-0.2, 0) is 0 Å². The van der Waals surface area contributed by atoms with Crippen molar-refractivity contribution < 1.29 is 8.78 Å². The smallest absolute Gasteiger partial charge is 0.334 e. The van der Waals surface area contributed by atoms with Gasteiger partial charge in [0.05, 0.1) is 17.7 Å². The number of H-pyrrole nitrogens is 2. The molecular weight excluding hydrogens is 754 g/mol. The molecule has 4 aromatic rings. The first kappa shape index (κ1) is 32.6. The number of hydrogen-bond donors (Lipinski definition) is 3. The lowest BCUT2D eigenvalue weighted by Gasteiger charge is -2.10. The average molecular weight is 779 g/mol. The number of aromatic nitrogens is 4. The zero-order chi connectivity index (χ0) is 30.1. The quantitative estimate of drug-likeness (QED) is 0.164. The Kier molecular flexibility index (Phi) is 12.0. The fourth-order valence-electron chi connectivity index (χ4n) is 3.07. The van der Waals surface area contributed by atoms with E-state index in [1.165, 1.54) is 30.6 Å². The molecule has 40 heavy (non-hydrogen) atoms. The number of aromatic amines is 2. The van der Waals surface area contributed by atoms with E-state index in [-0.39, 0.29) is 23.0 Å². The highest BCUT2D eigenvalue weighted by molar-refractivity contribution is 14.1. The first-order valence-electron chi connectivity index (χ1n) is 11.5. The number of anilines is 1. The van der Waals surface area contributed by atoms with E-state index in [0.29, 0.717) is 7.14 Å². The van der Waals surface area contributed by atoms with E-state index in [9.17, 15) is 28.0 Å². The monoisotopic (exact) mass is 779 g/mol. The molecule has 2 heterocycles. The standard InChI is InChI=1S/C13H12FIN4O2.C10H7FIN3O2.C2H6/c1-18(2)7-16-11-6-12(20)17-13(21)19(11)10-4-3-8(15)5-9(10)14;11-6-3-5(12)1-2-7(6)15-8(13)4-9(16)14-10(15)17;1-2/h3-7H,1-2H3,(H,17,20,21);1-4H,13H2,(H,14,16,17);1-2H3. The van der Waals surface area contributed by atoms with Crippen molar-refractivity contribution in [2.45, 2.75) is 13.8 Å². The summed E-state index contributed by atoms with van der Waals surface area (Å²) in [5.41, 5.74) is 2.85. The minimum atomic E-state index is -0.768. The van der Waals surface area contributed by atoms with E-state index < -0.39 is 34.1 Å². The SMILES string of the molecule is CC.CN(C)C=Nc1cc(=O)[nH]c(=O)n1-c1ccc(I)cc1F.Nc1cc(=O)[nH]c(=O)n1-c1ccc(I)cc1F. The molecule has 0 saturated heterocycles. The average Bonchev–Trinajstić information content (AvgIpc) is 2.85. The van der Waals surface area contributed by atoms with Gasteiger partial charge in [-0.15, -0.1) is 0 Å². The maximum absolute atomic E-state index is 14.1. The molecule has 4 rings (SSSR count). The minimum absolute atomic E-state index is 0.00386. The molecule has 0 bridgehead atoms. The number of nitrogens with two attached hydrogens (primary N) is 1. The van der Waals surface area contributed by atoms with Crippen LogP contribution in [0, 0.1) is 18.8 Å². The molecule has 0 amide bonds. The normalized spacial score (nSPS) is 10.4. The molecule has 0 saturated carbocycles. The number of nitrogens with one attached hydrogen (secondary N) is 2. The molecule has 4 N–H and O–H groups in total. The van der Waals surface area contributed by atoms with Gasteiger partial charge in [0, 0.05) is 33.4 Å². The topological polar surface area (TPSA) is 151 Å². The molecule has 0 aliphatic carbocycles. The number of nitrogen functional groups attached to an aromatic ring is 1. The second-order valence-electron chi connectivity index (χ2n) is 7.73. The maximum atomic E-state index is 14.1. The summed E-state index contributed by atoms with van der Waals surface area (Å²) in [6.07, 6.45) is 1.43. The van der Waals surface area contributed by atoms with E-state index >= 15 is 0 Å². The van der Waals surface area contributed by atoms with E-state index in [0.717, 1.165) is 21.3 Å². The molecule has 2 aromatic heterocycles. The zero-order valence-corrected chi connectivity index (χ0v) is 26.0. The summed E-state index contributed by atoms with van der Waals surface area (Å²) in [5, 5.41) is 0. The third-order valence-electron chi connectivity index (χ3n) is 4.62. The van der Waals surface area contributed by atoms with Gasteiger partial charge in [0.2, 0.25) is 0 Å². The van der Waals surface area contributed by atoms with E-state index in [1.807, 2.05) is 64.0 Å². The van der Waals surface area contributed by atoms with Gasteiger partial charge in [-0.3, -0.25) is 19.6 Å². The molecule has 0 atom stereocenters. The lowest BCUT2D eigenvalue weighted by atomic mass is 10.3. The Bertz CT molecular complexity index is 1760. The van der Waals surface area contributed by atoms with Gasteiger partial charge in [-0.1, -0.05) is 13.8 Å². The van der Waals surface area contributed by atoms with Crippen LogP contribution in [0.15, 0.2) is 72.7 Å². The van der Waals surface area contributed by atoms with Crippen LogP contribution in [0.3, 0.4) is 0 Å². The summed E-state index contributed by atoms with van der Waals surface area (Å²) in [7, 11) is 3.48. The Morgan fingerprint density at radius 2 is 1.25 bits per heavy atom. The van der Waals surface area contributed by atoms with Gasteiger partial charge in [0.15, 0.2) is 0 Å². The largest absolute Gasteiger partial charge is 0.385 e. The van der Waals surface area contributed by atoms with E-state index in [1.54, 1.807) is 31.1 Å². The van der Waals surface area contributed by atoms with Crippen molar-refractivity contribution in [3.05, 3.63) is 109 Å². The van der Waals surface area contributed by atoms with Gasteiger partial charge in [-0.2, -0.15) is 0 Å². The van der Waals surface area contributed by atoms with Gasteiger partial charge in [0.1, 0.15) is 23.3 Å². The Morgan fingerprint density at radius 3 is 1.70 bits per heavy atom. The summed E-state index contributed by atoms with van der Waals surface area (Å²) >= 11 is 3.92. The van der Waals surface area contributed by atoms with Crippen molar-refractivity contribution in [3.63, 3.8) is 0 Å². The number of benzene rings is 2. The minimum Gasteiger partial charge on any atom is -0.385 e. The zero-order valence-electron chi connectivity index (χ0n) is 21.7. The van der Waals surface area contributed by atoms with E-state index in [4.69, 9.17) is 5.73 Å². The predicted octanol–water partition coefficient (Wildman–Crippen LogP) is 3.37. The molecule has 2 aromatic carbocycles. The van der Waals surface area contributed by atoms with Crippen molar-refractivity contribution in [2.24, 2.45) is 4.99 Å². The van der Waals surface area contributed by atoms with Crippen molar-refractivity contribution in [2.75, 3.05) is 19.8 Å². The summed E-state index contributed by atoms with van der Waals surface area (Å²) in [6.45, 7) is 4.00. The van der Waals surface area contributed by atoms with Crippen molar-refractivity contribution in [1.29, 1.82) is 0 Å². The van der Waals surface area contributed by atoms with Crippen molar-refractivity contribution in [3.8, 4) is 11.4 Å². The van der Waals surface area contributed by atoms with Crippen LogP contribution >= 0.6 is 45.2 Å². The third-order valence-corrected chi connectivity index (χ3v) is 5.96. The number of hydrogen-bond acceptors (Lipinski definition) is 6. The molecule has 0 spiro atoms. The Morgan fingerprint density at radius 1 is 0.800 bits per heavy atom. The lowest BCUT2D eigenvalue weighted by molar-refractivity contribution is 0.613. The molecular formula is C25H25F2I2N7O4. The first-order chi connectivity index (χ1) is 18.9. The van der Waals surface area contributed by atoms with Crippen LogP contribution in [0.2, 0.25) is 0 Å². The van der Waals surface area contributed by atoms with Gasteiger partial charge in [-0.25, -0.2) is 32.5 Å². The summed E-state index contributed by atoms with van der Waals surface area (Å²) < 4.78 is 31.1. The Hall–Kier alpha value is -3.61. The summed E-state index contributed by atoms with van der Waals surface area (Å²) in [5.74, 6) is -1.22. The number of halogens is 4. The molecule has 15 heteroatoms. The second-order valence-corrected chi connectivity index (χ2v) is 10.2. The second kappa shape index (κ2) is 14.7. The summed E-state index contributed by atoms with van der Waals surface area (Å²) in [6, 6.07) is 10.9. The maximum Gasteiger partial charge on any atom is 0.334 e. The molecule has 0 unspecified atom stereocenters.